The van der Waals surface area contributed by atoms with E-state index in [2.05, 4.69) is 116 Å². The molecule has 4 aromatic rings. The van der Waals surface area contributed by atoms with Crippen molar-refractivity contribution >= 4 is 0 Å². The Morgan fingerprint density at radius 3 is 1.15 bits per heavy atom. The van der Waals surface area contributed by atoms with Crippen LogP contribution in [0.15, 0.2) is 60.7 Å². The van der Waals surface area contributed by atoms with E-state index in [0.717, 1.165) is 12.8 Å². The largest absolute Gasteiger partial charge is 0.0714 e. The molecule has 0 spiro atoms. The van der Waals surface area contributed by atoms with Gasteiger partial charge >= 0.3 is 0 Å². The van der Waals surface area contributed by atoms with Gasteiger partial charge in [-0.25, -0.2) is 0 Å². The van der Waals surface area contributed by atoms with Gasteiger partial charge in [-0.3, -0.25) is 0 Å². The van der Waals surface area contributed by atoms with Gasteiger partial charge in [0.05, 0.1) is 5.41 Å². The number of benzene rings is 4. The van der Waals surface area contributed by atoms with Crippen molar-refractivity contribution in [2.45, 2.75) is 99.3 Å². The van der Waals surface area contributed by atoms with Crippen LogP contribution in [-0.2, 0) is 18.3 Å². The highest BCUT2D eigenvalue weighted by molar-refractivity contribution is 5.88. The SMILES string of the molecule is CCCCc1cc2c(cc1C)C(c1cc(C)cc(C)c1)(c1cc(C)cc(C)c1)c1cc(C)c(CCCC)cc1-2. The summed E-state index contributed by atoms with van der Waals surface area (Å²) in [6.07, 6.45) is 7.23. The summed E-state index contributed by atoms with van der Waals surface area (Å²) in [5, 5.41) is 0. The molecule has 0 N–H and O–H groups in total. The quantitative estimate of drug-likeness (QED) is 0.193. The fraction of sp³-hybridized carbons (Fsp3) is 0.385. The summed E-state index contributed by atoms with van der Waals surface area (Å²) in [6.45, 7) is 18.3. The molecule has 4 aromatic carbocycles. The second kappa shape index (κ2) is 10.8. The van der Waals surface area contributed by atoms with Crippen molar-refractivity contribution in [3.05, 3.63) is 127 Å². The lowest BCUT2D eigenvalue weighted by Crippen LogP contribution is -2.29. The average Bonchev–Trinajstić information content (AvgIpc) is 3.13. The van der Waals surface area contributed by atoms with Crippen LogP contribution in [0.3, 0.4) is 0 Å². The highest BCUT2D eigenvalue weighted by Gasteiger charge is 2.47. The lowest BCUT2D eigenvalue weighted by atomic mass is 9.66. The van der Waals surface area contributed by atoms with Crippen LogP contribution in [0.25, 0.3) is 11.1 Å². The van der Waals surface area contributed by atoms with Gasteiger partial charge in [0.15, 0.2) is 0 Å². The molecular weight excluding hydrogens is 468 g/mol. The summed E-state index contributed by atoms with van der Waals surface area (Å²) < 4.78 is 0. The maximum Gasteiger partial charge on any atom is 0.0714 e. The highest BCUT2D eigenvalue weighted by atomic mass is 14.5. The third-order valence-electron chi connectivity index (χ3n) is 8.96. The molecule has 0 amide bonds. The summed E-state index contributed by atoms with van der Waals surface area (Å²) in [5.41, 5.74) is 19.4. The Morgan fingerprint density at radius 2 is 0.821 bits per heavy atom. The molecule has 39 heavy (non-hydrogen) atoms. The van der Waals surface area contributed by atoms with Crippen LogP contribution < -0.4 is 0 Å². The predicted molar refractivity (Wildman–Crippen MR) is 169 cm³/mol. The minimum atomic E-state index is -0.333. The van der Waals surface area contributed by atoms with E-state index < -0.39 is 0 Å². The van der Waals surface area contributed by atoms with Crippen molar-refractivity contribution in [2.75, 3.05) is 0 Å². The molecule has 5 rings (SSSR count). The molecule has 0 nitrogen and oxygen atoms in total. The monoisotopic (exact) mass is 514 g/mol. The number of unbranched alkanes of at least 4 members (excludes halogenated alkanes) is 2. The Morgan fingerprint density at radius 1 is 0.462 bits per heavy atom. The number of hydrogen-bond acceptors (Lipinski definition) is 0. The first-order valence-corrected chi connectivity index (χ1v) is 15.1. The summed E-state index contributed by atoms with van der Waals surface area (Å²) in [4.78, 5) is 0. The Labute approximate surface area is 237 Å². The Kier molecular flexibility index (Phi) is 7.60. The maximum atomic E-state index is 2.56. The molecule has 0 saturated heterocycles. The van der Waals surface area contributed by atoms with Crippen molar-refractivity contribution in [3.8, 4) is 11.1 Å². The Balaban J connectivity index is 1.95. The molecule has 0 heterocycles. The third-order valence-corrected chi connectivity index (χ3v) is 8.96. The molecule has 0 saturated carbocycles. The summed E-state index contributed by atoms with van der Waals surface area (Å²) >= 11 is 0. The van der Waals surface area contributed by atoms with E-state index in [9.17, 15) is 0 Å². The summed E-state index contributed by atoms with van der Waals surface area (Å²) in [6, 6.07) is 24.6. The normalized spacial score (nSPS) is 13.4. The molecule has 0 fully saturated rings. The van der Waals surface area contributed by atoms with Gasteiger partial charge in [0.1, 0.15) is 0 Å². The lowest BCUT2D eigenvalue weighted by Gasteiger charge is -2.35. The van der Waals surface area contributed by atoms with Gasteiger partial charge in [0.25, 0.3) is 0 Å². The van der Waals surface area contributed by atoms with E-state index >= 15 is 0 Å². The van der Waals surface area contributed by atoms with E-state index in [1.54, 1.807) is 0 Å². The predicted octanol–water partition coefficient (Wildman–Crippen LogP) is 10.6. The zero-order valence-electron chi connectivity index (χ0n) is 25.5. The van der Waals surface area contributed by atoms with E-state index in [4.69, 9.17) is 0 Å². The van der Waals surface area contributed by atoms with Gasteiger partial charge < -0.3 is 0 Å². The van der Waals surface area contributed by atoms with E-state index in [1.165, 1.54) is 104 Å². The molecular formula is C39H46. The van der Waals surface area contributed by atoms with E-state index in [-0.39, 0.29) is 5.41 Å². The molecule has 0 aromatic heterocycles. The second-order valence-electron chi connectivity index (χ2n) is 12.4. The minimum Gasteiger partial charge on any atom is -0.0654 e. The van der Waals surface area contributed by atoms with Crippen LogP contribution in [-0.4, -0.2) is 0 Å². The molecule has 0 atom stereocenters. The standard InChI is InChI=1S/C39H46/c1-9-11-13-31-23-35-36-24-32(14-12-10-2)30(8)22-38(36)39(37(35)21-29(31)7,33-17-25(3)15-26(4)18-33)34-19-27(5)16-28(6)20-34/h15-24H,9-14H2,1-8H3. The highest BCUT2D eigenvalue weighted by Crippen LogP contribution is 2.57. The van der Waals surface area contributed by atoms with Gasteiger partial charge in [-0.1, -0.05) is 110 Å². The zero-order valence-corrected chi connectivity index (χ0v) is 25.5. The average molecular weight is 515 g/mol. The fourth-order valence-electron chi connectivity index (χ4n) is 7.16. The van der Waals surface area contributed by atoms with Crippen LogP contribution in [0.2, 0.25) is 0 Å². The first-order valence-electron chi connectivity index (χ1n) is 15.1. The summed E-state index contributed by atoms with van der Waals surface area (Å²) in [5.74, 6) is 0. The molecule has 0 bridgehead atoms. The summed E-state index contributed by atoms with van der Waals surface area (Å²) in [7, 11) is 0. The fourth-order valence-corrected chi connectivity index (χ4v) is 7.16. The van der Waals surface area contributed by atoms with Gasteiger partial charge in [0.2, 0.25) is 0 Å². The number of fused-ring (bicyclic) bond motifs is 3. The first kappa shape index (κ1) is 27.4. The van der Waals surface area contributed by atoms with Gasteiger partial charge in [0, 0.05) is 0 Å². The molecule has 1 aliphatic rings. The van der Waals surface area contributed by atoms with Gasteiger partial charge in [-0.05, 0) is 123 Å². The minimum absolute atomic E-state index is 0.333. The smallest absolute Gasteiger partial charge is 0.0654 e. The second-order valence-corrected chi connectivity index (χ2v) is 12.4. The third kappa shape index (κ3) is 4.77. The topological polar surface area (TPSA) is 0 Å². The van der Waals surface area contributed by atoms with Crippen LogP contribution in [0, 0.1) is 41.5 Å². The van der Waals surface area contributed by atoms with Crippen LogP contribution in [0.5, 0.6) is 0 Å². The van der Waals surface area contributed by atoms with Crippen LogP contribution in [0.1, 0.15) is 106 Å². The van der Waals surface area contributed by atoms with Crippen molar-refractivity contribution in [1.82, 2.24) is 0 Å². The molecule has 1 aliphatic carbocycles. The molecule has 0 unspecified atom stereocenters. The maximum absolute atomic E-state index is 2.56. The van der Waals surface area contributed by atoms with Crippen molar-refractivity contribution < 1.29 is 0 Å². The van der Waals surface area contributed by atoms with Gasteiger partial charge in [-0.2, -0.15) is 0 Å². The van der Waals surface area contributed by atoms with Crippen LogP contribution in [0.4, 0.5) is 0 Å². The van der Waals surface area contributed by atoms with Crippen molar-refractivity contribution in [2.24, 2.45) is 0 Å². The molecule has 0 aliphatic heterocycles. The zero-order chi connectivity index (χ0) is 27.9. The van der Waals surface area contributed by atoms with Crippen LogP contribution >= 0.6 is 0 Å². The van der Waals surface area contributed by atoms with Gasteiger partial charge in [-0.15, -0.1) is 0 Å². The van der Waals surface area contributed by atoms with Crippen molar-refractivity contribution in [1.29, 1.82) is 0 Å². The number of hydrogen-bond donors (Lipinski definition) is 0. The molecule has 202 valence electrons. The Hall–Kier alpha value is -3.12. The van der Waals surface area contributed by atoms with E-state index in [1.807, 2.05) is 0 Å². The first-order chi connectivity index (χ1) is 18.7. The number of rotatable bonds is 8. The number of aryl methyl sites for hydroxylation is 8. The lowest BCUT2D eigenvalue weighted by molar-refractivity contribution is 0.755. The molecule has 0 heteroatoms. The van der Waals surface area contributed by atoms with Crippen molar-refractivity contribution in [3.63, 3.8) is 0 Å². The van der Waals surface area contributed by atoms with E-state index in [0.29, 0.717) is 0 Å². The Bertz CT molecular complexity index is 1370. The molecule has 0 radical (unpaired) electrons.